The van der Waals surface area contributed by atoms with Gasteiger partial charge in [-0.05, 0) is 30.2 Å². The number of nitrogens with zero attached hydrogens (tertiary/aromatic N) is 2. The molecule has 7 heteroatoms. The van der Waals surface area contributed by atoms with E-state index in [-0.39, 0.29) is 0 Å². The van der Waals surface area contributed by atoms with Crippen molar-refractivity contribution in [2.75, 3.05) is 5.73 Å². The molecule has 0 aliphatic heterocycles. The first-order valence-electron chi connectivity index (χ1n) is 5.91. The van der Waals surface area contributed by atoms with Gasteiger partial charge in [0.1, 0.15) is 15.9 Å². The topological polar surface area (TPSA) is 91.3 Å². The van der Waals surface area contributed by atoms with E-state index in [0.717, 1.165) is 16.9 Å². The van der Waals surface area contributed by atoms with Gasteiger partial charge in [-0.3, -0.25) is 4.79 Å². The summed E-state index contributed by atoms with van der Waals surface area (Å²) < 4.78 is 0. The van der Waals surface area contributed by atoms with Gasteiger partial charge in [0.2, 0.25) is 0 Å². The first-order valence-corrected chi connectivity index (χ1v) is 7.10. The van der Waals surface area contributed by atoms with E-state index < -0.39 is 5.91 Å². The molecule has 3 N–H and O–H groups in total. The van der Waals surface area contributed by atoms with Gasteiger partial charge in [0.15, 0.2) is 0 Å². The Balaban J connectivity index is 2.09. The largest absolute Gasteiger partial charge is 0.389 e. The number of hydrogen-bond acceptors (Lipinski definition) is 5. The first kappa shape index (κ1) is 15.0. The highest BCUT2D eigenvalue weighted by Gasteiger charge is 2.17. The number of nitrogens with one attached hydrogen (secondary N) is 1. The van der Waals surface area contributed by atoms with Crippen molar-refractivity contribution in [1.82, 2.24) is 5.43 Å². The van der Waals surface area contributed by atoms with Gasteiger partial charge in [0.05, 0.1) is 11.8 Å². The number of thiophene rings is 1. The molecule has 1 aromatic heterocycles. The number of nitrogen functional groups attached to an aromatic ring is 1. The average molecular weight is 319 g/mol. The fourth-order valence-corrected chi connectivity index (χ4v) is 2.70. The average Bonchev–Trinajstić information content (AvgIpc) is 2.75. The maximum absolute atomic E-state index is 12.0. The summed E-state index contributed by atoms with van der Waals surface area (Å²) in [5, 5.41) is 13.8. The first-order chi connectivity index (χ1) is 10.0. The summed E-state index contributed by atoms with van der Waals surface area (Å²) >= 11 is 6.85. The highest BCUT2D eigenvalue weighted by molar-refractivity contribution is 7.18. The van der Waals surface area contributed by atoms with Crippen LogP contribution in [-0.2, 0) is 0 Å². The highest BCUT2D eigenvalue weighted by Crippen LogP contribution is 2.29. The van der Waals surface area contributed by atoms with Crippen LogP contribution in [0.5, 0.6) is 0 Å². The zero-order chi connectivity index (χ0) is 15.4. The molecule has 0 bridgehead atoms. The van der Waals surface area contributed by atoms with E-state index in [4.69, 9.17) is 22.6 Å². The summed E-state index contributed by atoms with van der Waals surface area (Å²) in [5.41, 5.74) is 9.81. The molecule has 5 nitrogen and oxygen atoms in total. The molecule has 0 fully saturated rings. The lowest BCUT2D eigenvalue weighted by atomic mass is 10.2. The summed E-state index contributed by atoms with van der Waals surface area (Å²) in [5.74, 6) is -0.393. The van der Waals surface area contributed by atoms with Crippen molar-refractivity contribution in [2.45, 2.75) is 6.92 Å². The van der Waals surface area contributed by atoms with E-state index >= 15 is 0 Å². The zero-order valence-corrected chi connectivity index (χ0v) is 12.6. The number of hydrazone groups is 1. The van der Waals surface area contributed by atoms with Crippen LogP contribution in [0.25, 0.3) is 0 Å². The van der Waals surface area contributed by atoms with Crippen LogP contribution in [0, 0.1) is 18.3 Å². The Morgan fingerprint density at radius 2 is 2.14 bits per heavy atom. The third-order valence-electron chi connectivity index (χ3n) is 2.74. The third-order valence-corrected chi connectivity index (χ3v) is 4.11. The molecule has 2 aromatic rings. The van der Waals surface area contributed by atoms with Gasteiger partial charge < -0.3 is 5.73 Å². The van der Waals surface area contributed by atoms with E-state index in [1.807, 2.05) is 6.07 Å². The lowest BCUT2D eigenvalue weighted by Crippen LogP contribution is -2.17. The smallest absolute Gasteiger partial charge is 0.281 e. The Bertz CT molecular complexity index is 744. The molecule has 106 valence electrons. The van der Waals surface area contributed by atoms with Gasteiger partial charge in [-0.1, -0.05) is 23.7 Å². The molecule has 0 atom stereocenters. The molecule has 1 heterocycles. The van der Waals surface area contributed by atoms with E-state index in [2.05, 4.69) is 10.5 Å². The number of halogens is 1. The van der Waals surface area contributed by atoms with Crippen LogP contribution in [-0.4, -0.2) is 12.1 Å². The standard InChI is InChI=1S/C14H11ClN4OS/c1-8-11(6-16)13(17)21-12(8)14(20)19-18-7-9-2-4-10(15)5-3-9/h2-5,7H,17H2,1H3,(H,19,20). The maximum atomic E-state index is 12.0. The van der Waals surface area contributed by atoms with Gasteiger partial charge in [0.25, 0.3) is 5.91 Å². The zero-order valence-electron chi connectivity index (χ0n) is 11.1. The van der Waals surface area contributed by atoms with Crippen molar-refractivity contribution in [3.8, 4) is 6.07 Å². The second-order valence-corrected chi connectivity index (χ2v) is 5.65. The Morgan fingerprint density at radius 1 is 1.48 bits per heavy atom. The van der Waals surface area contributed by atoms with Crippen molar-refractivity contribution in [3.05, 3.63) is 50.9 Å². The molecule has 1 amide bonds. The van der Waals surface area contributed by atoms with Crippen LogP contribution >= 0.6 is 22.9 Å². The summed E-state index contributed by atoms with van der Waals surface area (Å²) in [6.07, 6.45) is 1.51. The Hall–Kier alpha value is -2.36. The molecule has 2 rings (SSSR count). The molecular weight excluding hydrogens is 308 g/mol. The molecule has 21 heavy (non-hydrogen) atoms. The minimum Gasteiger partial charge on any atom is -0.389 e. The van der Waals surface area contributed by atoms with Crippen LogP contribution < -0.4 is 11.2 Å². The van der Waals surface area contributed by atoms with Crippen molar-refractivity contribution in [2.24, 2.45) is 5.10 Å². The van der Waals surface area contributed by atoms with E-state index in [9.17, 15) is 4.79 Å². The number of anilines is 1. The lowest BCUT2D eigenvalue weighted by molar-refractivity contribution is 0.0958. The van der Waals surface area contributed by atoms with Crippen molar-refractivity contribution in [1.29, 1.82) is 5.26 Å². The minimum atomic E-state index is -0.393. The van der Waals surface area contributed by atoms with Crippen molar-refractivity contribution in [3.63, 3.8) is 0 Å². The van der Waals surface area contributed by atoms with Gasteiger partial charge >= 0.3 is 0 Å². The normalized spacial score (nSPS) is 10.5. The molecule has 0 aliphatic rings. The lowest BCUT2D eigenvalue weighted by Gasteiger charge is -1.98. The van der Waals surface area contributed by atoms with Crippen LogP contribution in [0.1, 0.15) is 26.4 Å². The van der Waals surface area contributed by atoms with Crippen LogP contribution in [0.15, 0.2) is 29.4 Å². The molecule has 0 spiro atoms. The van der Waals surface area contributed by atoms with Crippen LogP contribution in [0.2, 0.25) is 5.02 Å². The molecule has 0 radical (unpaired) electrons. The van der Waals surface area contributed by atoms with Crippen LogP contribution in [0.4, 0.5) is 5.00 Å². The van der Waals surface area contributed by atoms with Gasteiger partial charge in [-0.25, -0.2) is 5.43 Å². The van der Waals surface area contributed by atoms with Crippen LogP contribution in [0.3, 0.4) is 0 Å². The van der Waals surface area contributed by atoms with Gasteiger partial charge in [-0.15, -0.1) is 11.3 Å². The van der Waals surface area contributed by atoms with Gasteiger partial charge in [-0.2, -0.15) is 10.4 Å². The molecule has 0 saturated carbocycles. The molecule has 0 unspecified atom stereocenters. The molecular formula is C14H11ClN4OS. The number of nitriles is 1. The number of amides is 1. The number of hydrogen-bond donors (Lipinski definition) is 2. The summed E-state index contributed by atoms with van der Waals surface area (Å²) in [7, 11) is 0. The number of carbonyl (C=O) groups excluding carboxylic acids is 1. The van der Waals surface area contributed by atoms with Crippen molar-refractivity contribution < 1.29 is 4.79 Å². The second kappa shape index (κ2) is 6.39. The SMILES string of the molecule is Cc1c(C(=O)NN=Cc2ccc(Cl)cc2)sc(N)c1C#N. The fraction of sp³-hybridized carbons (Fsp3) is 0.0714. The maximum Gasteiger partial charge on any atom is 0.281 e. The summed E-state index contributed by atoms with van der Waals surface area (Å²) in [6, 6.07) is 9.00. The molecule has 0 aliphatic carbocycles. The second-order valence-electron chi connectivity index (χ2n) is 4.16. The number of rotatable bonds is 3. The summed E-state index contributed by atoms with van der Waals surface area (Å²) in [6.45, 7) is 1.68. The van der Waals surface area contributed by atoms with E-state index in [1.54, 1.807) is 31.2 Å². The monoisotopic (exact) mass is 318 g/mol. The van der Waals surface area contributed by atoms with E-state index in [1.165, 1.54) is 6.21 Å². The number of nitrogens with two attached hydrogens (primary N) is 1. The quantitative estimate of drug-likeness (QED) is 0.673. The predicted octanol–water partition coefficient (Wildman–Crippen LogP) is 2.93. The Morgan fingerprint density at radius 3 is 2.71 bits per heavy atom. The molecule has 1 aromatic carbocycles. The number of benzene rings is 1. The molecule has 0 saturated heterocycles. The summed E-state index contributed by atoms with van der Waals surface area (Å²) in [4.78, 5) is 12.4. The fourth-order valence-electron chi connectivity index (χ4n) is 1.66. The third kappa shape index (κ3) is 3.40. The predicted molar refractivity (Wildman–Crippen MR) is 84.7 cm³/mol. The van der Waals surface area contributed by atoms with Gasteiger partial charge in [0, 0.05) is 5.02 Å². The van der Waals surface area contributed by atoms with Crippen molar-refractivity contribution >= 4 is 40.1 Å². The highest BCUT2D eigenvalue weighted by atomic mass is 35.5. The Kier molecular flexibility index (Phi) is 4.58. The number of carbonyl (C=O) groups is 1. The Labute approximate surface area is 130 Å². The van der Waals surface area contributed by atoms with E-state index in [0.29, 0.717) is 26.0 Å². The minimum absolute atomic E-state index is 0.335.